The highest BCUT2D eigenvalue weighted by Gasteiger charge is 2.35. The fourth-order valence-corrected chi connectivity index (χ4v) is 2.68. The highest BCUT2D eigenvalue weighted by Crippen LogP contribution is 2.24. The van der Waals surface area contributed by atoms with E-state index in [0.29, 0.717) is 6.42 Å². The van der Waals surface area contributed by atoms with E-state index in [0.717, 1.165) is 10.5 Å². The van der Waals surface area contributed by atoms with Gasteiger partial charge in [0.1, 0.15) is 6.61 Å². The van der Waals surface area contributed by atoms with Crippen molar-refractivity contribution in [2.24, 2.45) is 0 Å². The van der Waals surface area contributed by atoms with Crippen molar-refractivity contribution in [3.63, 3.8) is 0 Å². The van der Waals surface area contributed by atoms with Gasteiger partial charge in [0.05, 0.1) is 29.3 Å². The molecule has 2 aromatic carbocycles. The largest absolute Gasteiger partial charge is 0.459 e. The molecular formula is C22H19NO5. The smallest absolute Gasteiger partial charge is 0.338 e. The highest BCUT2D eigenvalue weighted by molar-refractivity contribution is 6.22. The number of esters is 1. The van der Waals surface area contributed by atoms with Crippen LogP contribution in [0.5, 0.6) is 0 Å². The fourth-order valence-electron chi connectivity index (χ4n) is 2.68. The molecule has 6 heteroatoms. The van der Waals surface area contributed by atoms with Crippen LogP contribution >= 0.6 is 0 Å². The predicted octanol–water partition coefficient (Wildman–Crippen LogP) is 2.26. The number of rotatable bonds is 5. The zero-order valence-electron chi connectivity index (χ0n) is 15.3. The Morgan fingerprint density at radius 1 is 1.11 bits per heavy atom. The fraction of sp³-hybridized carbons (Fsp3) is 0.227. The first-order chi connectivity index (χ1) is 13.5. The Morgan fingerprint density at radius 3 is 2.54 bits per heavy atom. The molecule has 0 saturated heterocycles. The van der Waals surface area contributed by atoms with Gasteiger partial charge in [-0.3, -0.25) is 14.5 Å². The highest BCUT2D eigenvalue weighted by atomic mass is 16.5. The number of aliphatic hydroxyl groups excluding tert-OH is 1. The summed E-state index contributed by atoms with van der Waals surface area (Å²) in [7, 11) is 0. The van der Waals surface area contributed by atoms with Gasteiger partial charge < -0.3 is 9.84 Å². The topological polar surface area (TPSA) is 83.9 Å². The number of benzene rings is 2. The van der Waals surface area contributed by atoms with E-state index >= 15 is 0 Å². The van der Waals surface area contributed by atoms with Crippen molar-refractivity contribution in [2.45, 2.75) is 19.4 Å². The molecule has 2 aromatic rings. The summed E-state index contributed by atoms with van der Waals surface area (Å²) in [5.41, 5.74) is 1.33. The number of hydrogen-bond acceptors (Lipinski definition) is 5. The van der Waals surface area contributed by atoms with Gasteiger partial charge in [-0.15, -0.1) is 0 Å². The molecule has 0 aliphatic carbocycles. The van der Waals surface area contributed by atoms with Crippen LogP contribution in [0.4, 0.5) is 0 Å². The number of aliphatic hydroxyl groups is 1. The van der Waals surface area contributed by atoms with Gasteiger partial charge in [0, 0.05) is 5.56 Å². The molecular weight excluding hydrogens is 358 g/mol. The molecule has 6 nitrogen and oxygen atoms in total. The number of carbonyl (C=O) groups is 3. The molecule has 3 rings (SSSR count). The maximum absolute atomic E-state index is 12.6. The predicted molar refractivity (Wildman–Crippen MR) is 102 cm³/mol. The van der Waals surface area contributed by atoms with E-state index < -0.39 is 23.9 Å². The SMILES string of the molecule is CCC(O)COC(=O)c1ccc2c(c1)C(=O)N(CC#Cc1ccccc1)C2=O. The molecule has 28 heavy (non-hydrogen) atoms. The molecule has 0 spiro atoms. The quantitative estimate of drug-likeness (QED) is 0.491. The number of ether oxygens (including phenoxy) is 1. The summed E-state index contributed by atoms with van der Waals surface area (Å²) in [6, 6.07) is 13.5. The second-order valence-electron chi connectivity index (χ2n) is 6.29. The Hall–Kier alpha value is -3.43. The van der Waals surface area contributed by atoms with Gasteiger partial charge in [-0.25, -0.2) is 4.79 Å². The average molecular weight is 377 g/mol. The van der Waals surface area contributed by atoms with Crippen LogP contribution in [0.1, 0.15) is 50.0 Å². The molecule has 0 radical (unpaired) electrons. The standard InChI is InChI=1S/C22H19NO5/c1-2-17(24)14-28-22(27)16-10-11-18-19(13-16)21(26)23(20(18)25)12-6-9-15-7-4-3-5-8-15/h3-5,7-8,10-11,13,17,24H,2,12,14H2,1H3. The molecule has 0 saturated carbocycles. The van der Waals surface area contributed by atoms with E-state index in [4.69, 9.17) is 4.74 Å². The van der Waals surface area contributed by atoms with E-state index in [9.17, 15) is 19.5 Å². The molecule has 1 atom stereocenters. The molecule has 1 heterocycles. The Balaban J connectivity index is 1.73. The summed E-state index contributed by atoms with van der Waals surface area (Å²) in [4.78, 5) is 38.2. The van der Waals surface area contributed by atoms with Gasteiger partial charge >= 0.3 is 5.97 Å². The summed E-state index contributed by atoms with van der Waals surface area (Å²) in [5, 5.41) is 9.49. The van der Waals surface area contributed by atoms with E-state index in [-0.39, 0.29) is 29.8 Å². The monoisotopic (exact) mass is 377 g/mol. The normalized spacial score (nSPS) is 13.6. The molecule has 1 unspecified atom stereocenters. The van der Waals surface area contributed by atoms with Gasteiger partial charge in [-0.1, -0.05) is 37.0 Å². The second kappa shape index (κ2) is 8.51. The Labute approximate surface area is 162 Å². The maximum Gasteiger partial charge on any atom is 0.338 e. The number of amides is 2. The lowest BCUT2D eigenvalue weighted by molar-refractivity contribution is 0.0250. The molecule has 0 aromatic heterocycles. The van der Waals surface area contributed by atoms with Crippen molar-refractivity contribution in [1.29, 1.82) is 0 Å². The number of fused-ring (bicyclic) bond motifs is 1. The third kappa shape index (κ3) is 4.11. The number of nitrogens with zero attached hydrogens (tertiary/aromatic N) is 1. The van der Waals surface area contributed by atoms with Crippen LogP contribution < -0.4 is 0 Å². The zero-order valence-corrected chi connectivity index (χ0v) is 15.3. The lowest BCUT2D eigenvalue weighted by Crippen LogP contribution is -2.30. The van der Waals surface area contributed by atoms with Crippen molar-refractivity contribution in [1.82, 2.24) is 4.90 Å². The Bertz CT molecular complexity index is 971. The first-order valence-electron chi connectivity index (χ1n) is 8.90. The average Bonchev–Trinajstić information content (AvgIpc) is 2.96. The van der Waals surface area contributed by atoms with Crippen LogP contribution in [0.2, 0.25) is 0 Å². The van der Waals surface area contributed by atoms with Crippen LogP contribution in [0, 0.1) is 11.8 Å². The van der Waals surface area contributed by atoms with E-state index in [1.165, 1.54) is 18.2 Å². The van der Waals surface area contributed by atoms with E-state index in [1.54, 1.807) is 6.92 Å². The van der Waals surface area contributed by atoms with E-state index in [2.05, 4.69) is 11.8 Å². The van der Waals surface area contributed by atoms with Crippen molar-refractivity contribution in [3.05, 3.63) is 70.8 Å². The third-order valence-electron chi connectivity index (χ3n) is 4.33. The molecule has 142 valence electrons. The molecule has 0 bridgehead atoms. The summed E-state index contributed by atoms with van der Waals surface area (Å²) < 4.78 is 5.02. The molecule has 2 amide bonds. The minimum absolute atomic E-state index is 0.0380. The minimum Gasteiger partial charge on any atom is -0.459 e. The van der Waals surface area contributed by atoms with Crippen LogP contribution in [0.25, 0.3) is 0 Å². The van der Waals surface area contributed by atoms with Crippen LogP contribution in [-0.4, -0.2) is 47.0 Å². The van der Waals surface area contributed by atoms with Crippen LogP contribution in [-0.2, 0) is 4.74 Å². The summed E-state index contributed by atoms with van der Waals surface area (Å²) in [5.74, 6) is 4.15. The number of imide groups is 1. The van der Waals surface area contributed by atoms with Crippen molar-refractivity contribution in [3.8, 4) is 11.8 Å². The van der Waals surface area contributed by atoms with Crippen molar-refractivity contribution in [2.75, 3.05) is 13.2 Å². The van der Waals surface area contributed by atoms with E-state index in [1.807, 2.05) is 30.3 Å². The van der Waals surface area contributed by atoms with Crippen LogP contribution in [0.3, 0.4) is 0 Å². The van der Waals surface area contributed by atoms with Gasteiger partial charge in [-0.2, -0.15) is 0 Å². The van der Waals surface area contributed by atoms with Gasteiger partial charge in [-0.05, 0) is 36.8 Å². The zero-order chi connectivity index (χ0) is 20.1. The second-order valence-corrected chi connectivity index (χ2v) is 6.29. The van der Waals surface area contributed by atoms with Gasteiger partial charge in [0.2, 0.25) is 0 Å². The molecule has 1 aliphatic rings. The van der Waals surface area contributed by atoms with Gasteiger partial charge in [0.25, 0.3) is 11.8 Å². The van der Waals surface area contributed by atoms with Crippen molar-refractivity contribution >= 4 is 17.8 Å². The molecule has 1 aliphatic heterocycles. The number of carbonyl (C=O) groups excluding carboxylic acids is 3. The summed E-state index contributed by atoms with van der Waals surface area (Å²) >= 11 is 0. The molecule has 1 N–H and O–H groups in total. The Morgan fingerprint density at radius 2 is 1.82 bits per heavy atom. The number of hydrogen-bond donors (Lipinski definition) is 1. The maximum atomic E-state index is 12.6. The third-order valence-corrected chi connectivity index (χ3v) is 4.33. The van der Waals surface area contributed by atoms with Crippen LogP contribution in [0.15, 0.2) is 48.5 Å². The summed E-state index contributed by atoms with van der Waals surface area (Å²) in [6.45, 7) is 1.61. The molecule has 0 fully saturated rings. The lowest BCUT2D eigenvalue weighted by Gasteiger charge is -2.09. The first kappa shape index (κ1) is 19.3. The first-order valence-corrected chi connectivity index (χ1v) is 8.90. The minimum atomic E-state index is -0.736. The lowest BCUT2D eigenvalue weighted by atomic mass is 10.1. The Kier molecular flexibility index (Phi) is 5.87. The van der Waals surface area contributed by atoms with Gasteiger partial charge in [0.15, 0.2) is 0 Å². The van der Waals surface area contributed by atoms with Crippen molar-refractivity contribution < 1.29 is 24.2 Å². The summed E-state index contributed by atoms with van der Waals surface area (Å²) in [6.07, 6.45) is -0.274.